The highest BCUT2D eigenvalue weighted by Crippen LogP contribution is 2.32. The Labute approximate surface area is 158 Å². The van der Waals surface area contributed by atoms with E-state index in [1.165, 1.54) is 17.2 Å². The molecule has 1 fully saturated rings. The number of nitrogens with one attached hydrogen (secondary N) is 1. The van der Waals surface area contributed by atoms with Gasteiger partial charge in [0.25, 0.3) is 0 Å². The van der Waals surface area contributed by atoms with Crippen molar-refractivity contribution in [1.29, 1.82) is 0 Å². The Kier molecular flexibility index (Phi) is 6.05. The molecule has 3 heterocycles. The smallest absolute Gasteiger partial charge is 0.433 e. The molecule has 1 aliphatic heterocycles. The van der Waals surface area contributed by atoms with Crippen molar-refractivity contribution in [2.24, 2.45) is 0 Å². The van der Waals surface area contributed by atoms with Gasteiger partial charge in [0.2, 0.25) is 5.91 Å². The maximum Gasteiger partial charge on any atom is 0.433 e. The molecule has 3 rings (SSSR count). The van der Waals surface area contributed by atoms with Gasteiger partial charge in [-0.1, -0.05) is 11.8 Å². The summed E-state index contributed by atoms with van der Waals surface area (Å²) in [7, 11) is 0. The van der Waals surface area contributed by atoms with Gasteiger partial charge in [0, 0.05) is 0 Å². The van der Waals surface area contributed by atoms with Crippen molar-refractivity contribution < 1.29 is 27.3 Å². The first kappa shape index (κ1) is 19.7. The molecule has 1 aliphatic rings. The van der Waals surface area contributed by atoms with Crippen molar-refractivity contribution in [2.45, 2.75) is 18.3 Å². The number of furan rings is 1. The Morgan fingerprint density at radius 1 is 1.33 bits per heavy atom. The quantitative estimate of drug-likeness (QED) is 0.609. The average Bonchev–Trinajstić information content (AvgIpc) is 3.20. The number of aromatic nitrogens is 2. The fraction of sp³-hybridized carbons (Fsp3) is 0.471. The first-order valence-corrected chi connectivity index (χ1v) is 9.59. The lowest BCUT2D eigenvalue weighted by Gasteiger charge is -2.31. The zero-order valence-electron chi connectivity index (χ0n) is 14.8. The summed E-state index contributed by atoms with van der Waals surface area (Å²) in [5, 5.41) is -0.0950. The number of alkyl halides is 3. The summed E-state index contributed by atoms with van der Waals surface area (Å²) < 4.78 is 44.6. The number of carbonyl (C=O) groups is 1. The maximum absolute atomic E-state index is 13.1. The molecular weight excluding hydrogens is 381 g/mol. The van der Waals surface area contributed by atoms with Crippen LogP contribution in [0.1, 0.15) is 12.6 Å². The SMILES string of the molecule is CC[NH+]1CCN(C(=O)CSc2nc(-c3ccco3)cc(C(F)(F)F)n2)CC1. The summed E-state index contributed by atoms with van der Waals surface area (Å²) in [6.07, 6.45) is -3.25. The van der Waals surface area contributed by atoms with Crippen LogP contribution in [0.2, 0.25) is 0 Å². The molecular formula is C17H20F3N4O2S+. The monoisotopic (exact) mass is 401 g/mol. The van der Waals surface area contributed by atoms with E-state index in [9.17, 15) is 18.0 Å². The summed E-state index contributed by atoms with van der Waals surface area (Å²) in [5.74, 6) is 0.103. The summed E-state index contributed by atoms with van der Waals surface area (Å²) in [6, 6.07) is 3.94. The first-order valence-electron chi connectivity index (χ1n) is 8.61. The number of piperazine rings is 1. The third kappa shape index (κ3) is 5.01. The molecule has 0 saturated carbocycles. The Morgan fingerprint density at radius 3 is 2.67 bits per heavy atom. The molecule has 2 aromatic heterocycles. The Morgan fingerprint density at radius 2 is 2.07 bits per heavy atom. The van der Waals surface area contributed by atoms with Gasteiger partial charge < -0.3 is 14.2 Å². The first-order chi connectivity index (χ1) is 12.9. The molecule has 0 spiro atoms. The van der Waals surface area contributed by atoms with Gasteiger partial charge in [0.05, 0.1) is 44.7 Å². The van der Waals surface area contributed by atoms with Crippen LogP contribution in [0.25, 0.3) is 11.5 Å². The number of hydrogen-bond donors (Lipinski definition) is 1. The normalized spacial score (nSPS) is 15.9. The predicted octanol–water partition coefficient (Wildman–Crippen LogP) is 1.59. The molecule has 2 aromatic rings. The number of amides is 1. The van der Waals surface area contributed by atoms with Crippen LogP contribution in [-0.2, 0) is 11.0 Å². The van der Waals surface area contributed by atoms with E-state index in [-0.39, 0.29) is 28.3 Å². The molecule has 27 heavy (non-hydrogen) atoms. The summed E-state index contributed by atoms with van der Waals surface area (Å²) >= 11 is 0.909. The second-order valence-corrected chi connectivity index (χ2v) is 7.11. The van der Waals surface area contributed by atoms with Gasteiger partial charge in [0.15, 0.2) is 10.9 Å². The third-order valence-corrected chi connectivity index (χ3v) is 5.25. The average molecular weight is 401 g/mol. The third-order valence-electron chi connectivity index (χ3n) is 4.42. The molecule has 6 nitrogen and oxygen atoms in total. The number of rotatable bonds is 5. The van der Waals surface area contributed by atoms with Crippen molar-refractivity contribution >= 4 is 17.7 Å². The standard InChI is InChI=1S/C17H19F3N4O2S/c1-2-23-5-7-24(8-6-23)15(25)11-27-16-21-12(13-4-3-9-26-13)10-14(22-16)17(18,19)20/h3-4,9-10H,2,5-8,11H2,1H3/p+1. The molecule has 0 aromatic carbocycles. The lowest BCUT2D eigenvalue weighted by molar-refractivity contribution is -0.902. The number of quaternary nitrogens is 1. The van der Waals surface area contributed by atoms with E-state index in [4.69, 9.17) is 4.42 Å². The van der Waals surface area contributed by atoms with Gasteiger partial charge in [0.1, 0.15) is 11.4 Å². The van der Waals surface area contributed by atoms with Crippen LogP contribution in [0, 0.1) is 0 Å². The zero-order chi connectivity index (χ0) is 19.4. The Hall–Kier alpha value is -2.07. The van der Waals surface area contributed by atoms with Gasteiger partial charge >= 0.3 is 6.18 Å². The lowest BCUT2D eigenvalue weighted by Crippen LogP contribution is -3.14. The van der Waals surface area contributed by atoms with Crippen LogP contribution in [0.3, 0.4) is 0 Å². The summed E-state index contributed by atoms with van der Waals surface area (Å²) in [4.78, 5) is 23.2. The van der Waals surface area contributed by atoms with Gasteiger partial charge in [-0.05, 0) is 25.1 Å². The molecule has 146 valence electrons. The van der Waals surface area contributed by atoms with E-state index in [1.807, 2.05) is 0 Å². The summed E-state index contributed by atoms with van der Waals surface area (Å²) in [6.45, 7) is 6.20. The van der Waals surface area contributed by atoms with Gasteiger partial charge in [-0.15, -0.1) is 0 Å². The van der Waals surface area contributed by atoms with Gasteiger partial charge in [-0.25, -0.2) is 9.97 Å². The molecule has 0 aliphatic carbocycles. The topological polar surface area (TPSA) is 63.7 Å². The van der Waals surface area contributed by atoms with Crippen molar-refractivity contribution in [2.75, 3.05) is 38.5 Å². The minimum atomic E-state index is -4.61. The number of carbonyl (C=O) groups excluding carboxylic acids is 1. The van der Waals surface area contributed by atoms with Crippen molar-refractivity contribution in [3.63, 3.8) is 0 Å². The number of thioether (sulfide) groups is 1. The molecule has 10 heteroatoms. The molecule has 1 amide bonds. The van der Waals surface area contributed by atoms with Crippen LogP contribution in [-0.4, -0.2) is 59.3 Å². The highest BCUT2D eigenvalue weighted by Gasteiger charge is 2.34. The van der Waals surface area contributed by atoms with E-state index in [2.05, 4.69) is 16.9 Å². The van der Waals surface area contributed by atoms with E-state index >= 15 is 0 Å². The summed E-state index contributed by atoms with van der Waals surface area (Å²) in [5.41, 5.74) is -1.02. The molecule has 1 N–H and O–H groups in total. The molecule has 0 bridgehead atoms. The minimum Gasteiger partial charge on any atom is -0.463 e. The van der Waals surface area contributed by atoms with Crippen molar-refractivity contribution in [1.82, 2.24) is 14.9 Å². The molecule has 0 radical (unpaired) electrons. The van der Waals surface area contributed by atoms with Crippen LogP contribution in [0.4, 0.5) is 13.2 Å². The van der Waals surface area contributed by atoms with Crippen LogP contribution in [0.5, 0.6) is 0 Å². The number of hydrogen-bond acceptors (Lipinski definition) is 5. The number of halogens is 3. The number of likely N-dealkylation sites (N-methyl/N-ethyl adjacent to an activating group) is 1. The highest BCUT2D eigenvalue weighted by molar-refractivity contribution is 7.99. The molecule has 0 atom stereocenters. The second-order valence-electron chi connectivity index (χ2n) is 6.17. The molecule has 1 saturated heterocycles. The van der Waals surface area contributed by atoms with Crippen LogP contribution in [0.15, 0.2) is 34.0 Å². The Balaban J connectivity index is 1.70. The number of nitrogens with zero attached hydrogens (tertiary/aromatic N) is 3. The van der Waals surface area contributed by atoms with E-state index in [1.54, 1.807) is 11.0 Å². The van der Waals surface area contributed by atoms with Gasteiger partial charge in [-0.3, -0.25) is 4.79 Å². The highest BCUT2D eigenvalue weighted by atomic mass is 32.2. The van der Waals surface area contributed by atoms with E-state index < -0.39 is 11.9 Å². The van der Waals surface area contributed by atoms with Crippen LogP contribution < -0.4 is 4.90 Å². The lowest BCUT2D eigenvalue weighted by atomic mass is 10.2. The van der Waals surface area contributed by atoms with Gasteiger partial charge in [-0.2, -0.15) is 13.2 Å². The van der Waals surface area contributed by atoms with Crippen LogP contribution >= 0.6 is 11.8 Å². The van der Waals surface area contributed by atoms with E-state index in [0.29, 0.717) is 13.1 Å². The predicted molar refractivity (Wildman–Crippen MR) is 93.3 cm³/mol. The zero-order valence-corrected chi connectivity index (χ0v) is 15.6. The Bertz CT molecular complexity index is 775. The fourth-order valence-corrected chi connectivity index (χ4v) is 3.59. The van der Waals surface area contributed by atoms with Crippen molar-refractivity contribution in [3.8, 4) is 11.5 Å². The van der Waals surface area contributed by atoms with Crippen molar-refractivity contribution in [3.05, 3.63) is 30.2 Å². The minimum absolute atomic E-state index is 0.000361. The van der Waals surface area contributed by atoms with E-state index in [0.717, 1.165) is 37.5 Å². The maximum atomic E-state index is 13.1. The fourth-order valence-electron chi connectivity index (χ4n) is 2.83. The molecule has 0 unspecified atom stereocenters. The second kappa shape index (κ2) is 8.30. The largest absolute Gasteiger partial charge is 0.463 e.